The number of aldehydes is 1. The highest BCUT2D eigenvalue weighted by atomic mass is 16.6. The maximum absolute atomic E-state index is 11.1. The van der Waals surface area contributed by atoms with Crippen molar-refractivity contribution in [2.45, 2.75) is 59.7 Å². The molecule has 42 heavy (non-hydrogen) atoms. The van der Waals surface area contributed by atoms with Gasteiger partial charge in [0.25, 0.3) is 0 Å². The standard InChI is InChI=1S/C24H33NO3.C7H8.C3H9NO.C2H4/c1-18(19(2)17-26)16-20-6-3-4-7-21(8-5-14-25-15-13-20)22-9-11-23(12-10-22)24(27)28;1-7-5-3-2-4-6-7;1-3-5-4-2;1-2/h4-5,7-12,14,17-20,24-25,27-28H,3,6,13,15-16H2,1-2H3;2-6H,1H3;4H,3H2,1-2H3;1-2H2/b7-4-,14-5+,21-8+;;;. The van der Waals surface area contributed by atoms with Gasteiger partial charge in [-0.3, -0.25) is 0 Å². The third kappa shape index (κ3) is 18.2. The normalized spacial score (nSPS) is 19.0. The average molecular weight is 579 g/mol. The minimum atomic E-state index is -1.44. The highest BCUT2D eigenvalue weighted by Crippen LogP contribution is 2.26. The number of aliphatic hydroxyl groups excluding tert-OH is 1. The van der Waals surface area contributed by atoms with E-state index < -0.39 is 6.29 Å². The highest BCUT2D eigenvalue weighted by Gasteiger charge is 2.17. The molecular formula is C36H54N2O4. The van der Waals surface area contributed by atoms with Gasteiger partial charge in [0.2, 0.25) is 0 Å². The molecule has 0 saturated carbocycles. The number of carbonyl (C=O) groups excluding carboxylic acids is 1. The van der Waals surface area contributed by atoms with Crippen LogP contribution in [0.4, 0.5) is 0 Å². The molecule has 1 aliphatic heterocycles. The fourth-order valence-electron chi connectivity index (χ4n) is 4.16. The van der Waals surface area contributed by atoms with Crippen molar-refractivity contribution in [3.05, 3.63) is 115 Å². The molecule has 232 valence electrons. The van der Waals surface area contributed by atoms with Gasteiger partial charge in [-0.1, -0.05) is 92.2 Å². The number of carbonyl (C=O) groups is 1. The number of hydrogen-bond acceptors (Lipinski definition) is 6. The van der Waals surface area contributed by atoms with E-state index in [2.05, 4.69) is 73.0 Å². The van der Waals surface area contributed by atoms with Gasteiger partial charge in [-0.15, -0.1) is 13.2 Å². The SMILES string of the molecule is C=C.CC(C=O)C(C)CC1CC\C=C/C(c2ccc(C(O)O)cc2)=C\C=C\NCC1.CCONC.Cc1ccccc1. The van der Waals surface area contributed by atoms with Crippen LogP contribution in [-0.2, 0) is 9.63 Å². The van der Waals surface area contributed by atoms with Crippen LogP contribution in [-0.4, -0.2) is 36.7 Å². The van der Waals surface area contributed by atoms with Crippen molar-refractivity contribution in [3.63, 3.8) is 0 Å². The second kappa shape index (κ2) is 25.4. The van der Waals surface area contributed by atoms with Gasteiger partial charge < -0.3 is 25.2 Å². The predicted octanol–water partition coefficient (Wildman–Crippen LogP) is 7.33. The van der Waals surface area contributed by atoms with E-state index >= 15 is 0 Å². The molecule has 0 saturated heterocycles. The lowest BCUT2D eigenvalue weighted by Crippen LogP contribution is -2.18. The Morgan fingerprint density at radius 2 is 1.74 bits per heavy atom. The molecule has 3 unspecified atom stereocenters. The average Bonchev–Trinajstić information content (AvgIpc) is 3.00. The summed E-state index contributed by atoms with van der Waals surface area (Å²) in [5, 5.41) is 21.9. The zero-order valence-electron chi connectivity index (χ0n) is 26.3. The number of aliphatic hydroxyl groups is 2. The van der Waals surface area contributed by atoms with Crippen molar-refractivity contribution in [3.8, 4) is 0 Å². The summed E-state index contributed by atoms with van der Waals surface area (Å²) in [6.45, 7) is 15.9. The van der Waals surface area contributed by atoms with Crippen molar-refractivity contribution in [2.75, 3.05) is 20.2 Å². The first-order chi connectivity index (χ1) is 20.3. The molecule has 0 radical (unpaired) electrons. The number of hydrogen-bond donors (Lipinski definition) is 4. The van der Waals surface area contributed by atoms with Crippen LogP contribution in [0.5, 0.6) is 0 Å². The summed E-state index contributed by atoms with van der Waals surface area (Å²) >= 11 is 0. The molecule has 0 aliphatic carbocycles. The van der Waals surface area contributed by atoms with Crippen molar-refractivity contribution in [1.82, 2.24) is 10.8 Å². The lowest BCUT2D eigenvalue weighted by Gasteiger charge is -2.22. The minimum absolute atomic E-state index is 0.111. The topological polar surface area (TPSA) is 90.8 Å². The molecule has 1 aliphatic rings. The van der Waals surface area contributed by atoms with Gasteiger partial charge in [0.1, 0.15) is 6.29 Å². The molecule has 6 heteroatoms. The molecule has 4 N–H and O–H groups in total. The van der Waals surface area contributed by atoms with Crippen LogP contribution in [0.15, 0.2) is 98.3 Å². The summed E-state index contributed by atoms with van der Waals surface area (Å²) < 4.78 is 0. The Balaban J connectivity index is 0.000000986. The molecular weight excluding hydrogens is 524 g/mol. The van der Waals surface area contributed by atoms with Crippen LogP contribution in [0.3, 0.4) is 0 Å². The fourth-order valence-corrected chi connectivity index (χ4v) is 4.16. The van der Waals surface area contributed by atoms with Crippen LogP contribution >= 0.6 is 0 Å². The Hall–Kier alpha value is -3.29. The molecule has 2 aromatic carbocycles. The van der Waals surface area contributed by atoms with Crippen LogP contribution in [0, 0.1) is 24.7 Å². The molecule has 6 nitrogen and oxygen atoms in total. The van der Waals surface area contributed by atoms with Crippen LogP contribution < -0.4 is 10.8 Å². The zero-order chi connectivity index (χ0) is 31.6. The van der Waals surface area contributed by atoms with Crippen LogP contribution in [0.25, 0.3) is 5.57 Å². The van der Waals surface area contributed by atoms with Crippen molar-refractivity contribution in [1.29, 1.82) is 0 Å². The zero-order valence-corrected chi connectivity index (χ0v) is 26.3. The van der Waals surface area contributed by atoms with Crippen molar-refractivity contribution >= 4 is 11.9 Å². The third-order valence-corrected chi connectivity index (χ3v) is 6.81. The van der Waals surface area contributed by atoms with E-state index in [4.69, 9.17) is 0 Å². The molecule has 0 fully saturated rings. The molecule has 0 spiro atoms. The van der Waals surface area contributed by atoms with E-state index in [1.165, 1.54) is 5.56 Å². The smallest absolute Gasteiger partial charge is 0.178 e. The Labute approximate surface area is 254 Å². The third-order valence-electron chi connectivity index (χ3n) is 6.81. The number of allylic oxidation sites excluding steroid dienone is 5. The Kier molecular flexibility index (Phi) is 23.4. The van der Waals surface area contributed by atoms with E-state index in [9.17, 15) is 15.0 Å². The molecule has 2 aromatic rings. The van der Waals surface area contributed by atoms with Gasteiger partial charge in [-0.2, -0.15) is 0 Å². The first-order valence-corrected chi connectivity index (χ1v) is 14.8. The quantitative estimate of drug-likeness (QED) is 0.114. The van der Waals surface area contributed by atoms with E-state index in [-0.39, 0.29) is 5.92 Å². The van der Waals surface area contributed by atoms with Crippen LogP contribution in [0.1, 0.15) is 69.4 Å². The maximum atomic E-state index is 11.1. The first kappa shape index (κ1) is 38.7. The van der Waals surface area contributed by atoms with Crippen LogP contribution in [0.2, 0.25) is 0 Å². The summed E-state index contributed by atoms with van der Waals surface area (Å²) in [4.78, 5) is 15.6. The summed E-state index contributed by atoms with van der Waals surface area (Å²) in [7, 11) is 1.74. The largest absolute Gasteiger partial charge is 0.391 e. The van der Waals surface area contributed by atoms with Crippen molar-refractivity contribution in [2.24, 2.45) is 17.8 Å². The lowest BCUT2D eigenvalue weighted by atomic mass is 9.84. The number of aryl methyl sites for hydroxylation is 1. The first-order valence-electron chi connectivity index (χ1n) is 14.8. The summed E-state index contributed by atoms with van der Waals surface area (Å²) in [6, 6.07) is 17.5. The number of hydroxylamine groups is 1. The summed E-state index contributed by atoms with van der Waals surface area (Å²) in [5.41, 5.74) is 6.44. The van der Waals surface area contributed by atoms with Gasteiger partial charge in [-0.05, 0) is 74.8 Å². The highest BCUT2D eigenvalue weighted by molar-refractivity contribution is 5.75. The Morgan fingerprint density at radius 3 is 2.24 bits per heavy atom. The second-order valence-corrected chi connectivity index (χ2v) is 10.1. The monoisotopic (exact) mass is 578 g/mol. The minimum Gasteiger partial charge on any atom is -0.391 e. The van der Waals surface area contributed by atoms with Gasteiger partial charge in [0, 0.05) is 25.1 Å². The molecule has 1 heterocycles. The molecule has 0 bridgehead atoms. The van der Waals surface area contributed by atoms with E-state index in [0.717, 1.165) is 56.3 Å². The van der Waals surface area contributed by atoms with E-state index in [0.29, 0.717) is 17.4 Å². The fraction of sp³-hybridized carbons (Fsp3) is 0.417. The predicted molar refractivity (Wildman–Crippen MR) is 177 cm³/mol. The van der Waals surface area contributed by atoms with Gasteiger partial charge in [-0.25, -0.2) is 5.48 Å². The van der Waals surface area contributed by atoms with Crippen molar-refractivity contribution < 1.29 is 19.8 Å². The van der Waals surface area contributed by atoms with E-state index in [1.54, 1.807) is 19.2 Å². The van der Waals surface area contributed by atoms with Gasteiger partial charge in [0.15, 0.2) is 6.29 Å². The van der Waals surface area contributed by atoms with Gasteiger partial charge >= 0.3 is 0 Å². The van der Waals surface area contributed by atoms with Gasteiger partial charge in [0.05, 0.1) is 6.61 Å². The summed E-state index contributed by atoms with van der Waals surface area (Å²) in [5.74, 6) is 1.12. The molecule has 0 amide bonds. The molecule has 0 aromatic heterocycles. The summed E-state index contributed by atoms with van der Waals surface area (Å²) in [6.07, 6.45) is 14.3. The maximum Gasteiger partial charge on any atom is 0.178 e. The second-order valence-electron chi connectivity index (χ2n) is 10.1. The number of rotatable bonds is 8. The Bertz CT molecular complexity index is 1010. The molecule has 3 atom stereocenters. The lowest BCUT2D eigenvalue weighted by molar-refractivity contribution is -0.112. The molecule has 3 rings (SSSR count). The Morgan fingerprint density at radius 1 is 1.07 bits per heavy atom. The number of benzene rings is 2. The van der Waals surface area contributed by atoms with E-state index in [1.807, 2.05) is 56.5 Å². The number of nitrogens with one attached hydrogen (secondary N) is 2.